The first-order chi connectivity index (χ1) is 10.5. The van der Waals surface area contributed by atoms with Gasteiger partial charge in [0, 0.05) is 38.6 Å². The van der Waals surface area contributed by atoms with Gasteiger partial charge in [0.25, 0.3) is 0 Å². The highest BCUT2D eigenvalue weighted by molar-refractivity contribution is 7.89. The lowest BCUT2D eigenvalue weighted by atomic mass is 10.1. The van der Waals surface area contributed by atoms with E-state index in [0.717, 1.165) is 19.5 Å². The maximum absolute atomic E-state index is 12.2. The number of aryl methyl sites for hydroxylation is 1. The monoisotopic (exact) mass is 320 g/mol. The zero-order valence-corrected chi connectivity index (χ0v) is 13.3. The van der Waals surface area contributed by atoms with Crippen molar-refractivity contribution in [3.63, 3.8) is 0 Å². The molecule has 1 aromatic carbocycles. The summed E-state index contributed by atoms with van der Waals surface area (Å²) >= 11 is 0. The highest BCUT2D eigenvalue weighted by atomic mass is 32.2. The van der Waals surface area contributed by atoms with Crippen molar-refractivity contribution in [2.24, 2.45) is 13.0 Å². The molecule has 1 fully saturated rings. The van der Waals surface area contributed by atoms with Gasteiger partial charge in [0.05, 0.1) is 6.20 Å². The Balaban J connectivity index is 1.57. The number of hydrogen-bond donors (Lipinski definition) is 1. The second-order valence-corrected chi connectivity index (χ2v) is 7.40. The lowest BCUT2D eigenvalue weighted by molar-refractivity contribution is 0.541. The van der Waals surface area contributed by atoms with Gasteiger partial charge >= 0.3 is 0 Å². The summed E-state index contributed by atoms with van der Waals surface area (Å²) in [6, 6.07) is 10.2. The molecule has 1 aliphatic heterocycles. The highest BCUT2D eigenvalue weighted by Gasteiger charge is 2.25. The van der Waals surface area contributed by atoms with Crippen LogP contribution in [0.5, 0.6) is 0 Å². The lowest BCUT2D eigenvalue weighted by Crippen LogP contribution is -2.31. The number of rotatable bonds is 5. The van der Waals surface area contributed by atoms with Gasteiger partial charge in [-0.3, -0.25) is 4.68 Å². The van der Waals surface area contributed by atoms with Crippen LogP contribution in [-0.4, -0.2) is 37.8 Å². The smallest absolute Gasteiger partial charge is 0.243 e. The fraction of sp³-hybridized carbons (Fsp3) is 0.400. The quantitative estimate of drug-likeness (QED) is 0.900. The third kappa shape index (κ3) is 3.31. The normalized spacial score (nSPS) is 18.8. The van der Waals surface area contributed by atoms with Gasteiger partial charge in [-0.25, -0.2) is 13.1 Å². The Morgan fingerprint density at radius 3 is 2.77 bits per heavy atom. The Morgan fingerprint density at radius 2 is 2.09 bits per heavy atom. The topological polar surface area (TPSA) is 67.2 Å². The van der Waals surface area contributed by atoms with E-state index in [1.54, 1.807) is 7.05 Å². The molecule has 0 bridgehead atoms. The summed E-state index contributed by atoms with van der Waals surface area (Å²) in [6.07, 6.45) is 3.87. The van der Waals surface area contributed by atoms with Gasteiger partial charge < -0.3 is 4.90 Å². The Bertz CT molecular complexity index is 727. The standard InChI is InChI=1S/C15H20N4O2S/c1-18-12-15(10-16-18)22(20,21)17-9-13-7-8-19(11-13)14-5-3-2-4-6-14/h2-6,10,12-13,17H,7-9,11H2,1H3/t13-/m1/s1. The van der Waals surface area contributed by atoms with Gasteiger partial charge in [0.2, 0.25) is 10.0 Å². The van der Waals surface area contributed by atoms with Crippen LogP contribution in [0.1, 0.15) is 6.42 Å². The van der Waals surface area contributed by atoms with Crippen molar-refractivity contribution in [2.75, 3.05) is 24.5 Å². The van der Waals surface area contributed by atoms with E-state index in [-0.39, 0.29) is 4.90 Å². The second kappa shape index (κ2) is 6.10. The van der Waals surface area contributed by atoms with E-state index in [9.17, 15) is 8.42 Å². The number of nitrogens with one attached hydrogen (secondary N) is 1. The molecule has 0 amide bonds. The molecule has 0 radical (unpaired) electrons. The van der Waals surface area contributed by atoms with Gasteiger partial charge in [0.1, 0.15) is 4.90 Å². The molecule has 2 aromatic rings. The summed E-state index contributed by atoms with van der Waals surface area (Å²) in [6.45, 7) is 2.30. The minimum absolute atomic E-state index is 0.216. The van der Waals surface area contributed by atoms with E-state index in [2.05, 4.69) is 26.9 Å². The number of benzene rings is 1. The van der Waals surface area contributed by atoms with Gasteiger partial charge in [-0.15, -0.1) is 0 Å². The van der Waals surface area contributed by atoms with E-state index < -0.39 is 10.0 Å². The molecule has 118 valence electrons. The predicted molar refractivity (Wildman–Crippen MR) is 85.2 cm³/mol. The fourth-order valence-electron chi connectivity index (χ4n) is 2.72. The average molecular weight is 320 g/mol. The summed E-state index contributed by atoms with van der Waals surface area (Å²) < 4.78 is 28.5. The number of sulfonamides is 1. The molecule has 6 nitrogen and oxygen atoms in total. The van der Waals surface area contributed by atoms with Crippen LogP contribution in [0.25, 0.3) is 0 Å². The number of aromatic nitrogens is 2. The first kappa shape index (κ1) is 15.1. The molecule has 1 aliphatic rings. The molecule has 1 N–H and O–H groups in total. The third-order valence-corrected chi connectivity index (χ3v) is 5.34. The van der Waals surface area contributed by atoms with E-state index >= 15 is 0 Å². The van der Waals surface area contributed by atoms with Crippen LogP contribution >= 0.6 is 0 Å². The second-order valence-electron chi connectivity index (χ2n) is 5.64. The molecule has 1 atom stereocenters. The molecule has 0 aliphatic carbocycles. The van der Waals surface area contributed by atoms with Crippen LogP contribution in [0.4, 0.5) is 5.69 Å². The summed E-state index contributed by atoms with van der Waals surface area (Å²) in [5.74, 6) is 0.326. The zero-order chi connectivity index (χ0) is 15.6. The van der Waals surface area contributed by atoms with E-state index in [4.69, 9.17) is 0 Å². The molecular weight excluding hydrogens is 300 g/mol. The third-order valence-electron chi connectivity index (χ3n) is 3.96. The van der Waals surface area contributed by atoms with Crippen molar-refractivity contribution in [2.45, 2.75) is 11.3 Å². The van der Waals surface area contributed by atoms with Crippen LogP contribution in [0.15, 0.2) is 47.6 Å². The molecule has 0 unspecified atom stereocenters. The zero-order valence-electron chi connectivity index (χ0n) is 12.5. The lowest BCUT2D eigenvalue weighted by Gasteiger charge is -2.18. The van der Waals surface area contributed by atoms with Crippen molar-refractivity contribution < 1.29 is 8.42 Å². The fourth-order valence-corrected chi connectivity index (χ4v) is 3.82. The van der Waals surface area contributed by atoms with Crippen molar-refractivity contribution in [3.05, 3.63) is 42.7 Å². The van der Waals surface area contributed by atoms with Crippen LogP contribution in [0.2, 0.25) is 0 Å². The first-order valence-corrected chi connectivity index (χ1v) is 8.81. The first-order valence-electron chi connectivity index (χ1n) is 7.33. The Hall–Kier alpha value is -1.86. The largest absolute Gasteiger partial charge is 0.371 e. The van der Waals surface area contributed by atoms with E-state index in [1.807, 2.05) is 18.2 Å². The van der Waals surface area contributed by atoms with E-state index in [0.29, 0.717) is 12.5 Å². The molecule has 1 aromatic heterocycles. The SMILES string of the molecule is Cn1cc(S(=O)(=O)NC[C@H]2CCN(c3ccccc3)C2)cn1. The van der Waals surface area contributed by atoms with Gasteiger partial charge in [0.15, 0.2) is 0 Å². The van der Waals surface area contributed by atoms with Crippen molar-refractivity contribution in [1.29, 1.82) is 0 Å². The maximum Gasteiger partial charge on any atom is 0.243 e. The van der Waals surface area contributed by atoms with Crippen LogP contribution < -0.4 is 9.62 Å². The Morgan fingerprint density at radius 1 is 1.32 bits per heavy atom. The number of para-hydroxylation sites is 1. The van der Waals surface area contributed by atoms with Crippen LogP contribution in [-0.2, 0) is 17.1 Å². The summed E-state index contributed by atoms with van der Waals surface area (Å²) in [5, 5.41) is 3.90. The van der Waals surface area contributed by atoms with Gasteiger partial charge in [-0.2, -0.15) is 5.10 Å². The molecule has 3 rings (SSSR count). The highest BCUT2D eigenvalue weighted by Crippen LogP contribution is 2.23. The van der Waals surface area contributed by atoms with Crippen molar-refractivity contribution in [3.8, 4) is 0 Å². The summed E-state index contributed by atoms with van der Waals surface area (Å²) in [5.41, 5.74) is 1.19. The minimum atomic E-state index is -3.46. The number of nitrogens with zero attached hydrogens (tertiary/aromatic N) is 3. The number of anilines is 1. The van der Waals surface area contributed by atoms with Crippen molar-refractivity contribution >= 4 is 15.7 Å². The molecule has 0 spiro atoms. The summed E-state index contributed by atoms with van der Waals surface area (Å²) in [7, 11) is -1.76. The van der Waals surface area contributed by atoms with Gasteiger partial charge in [-0.05, 0) is 24.5 Å². The van der Waals surface area contributed by atoms with Crippen LogP contribution in [0, 0.1) is 5.92 Å². The van der Waals surface area contributed by atoms with Crippen LogP contribution in [0.3, 0.4) is 0 Å². The molecule has 1 saturated heterocycles. The molecule has 7 heteroatoms. The Kier molecular flexibility index (Phi) is 4.17. The number of hydrogen-bond acceptors (Lipinski definition) is 4. The molecular formula is C15H20N4O2S. The predicted octanol–water partition coefficient (Wildman–Crippen LogP) is 1.22. The van der Waals surface area contributed by atoms with Crippen molar-refractivity contribution in [1.82, 2.24) is 14.5 Å². The van der Waals surface area contributed by atoms with Gasteiger partial charge in [-0.1, -0.05) is 18.2 Å². The minimum Gasteiger partial charge on any atom is -0.371 e. The summed E-state index contributed by atoms with van der Waals surface area (Å²) in [4.78, 5) is 2.51. The van der Waals surface area contributed by atoms with E-state index in [1.165, 1.54) is 22.8 Å². The average Bonchev–Trinajstić information content (AvgIpc) is 3.15. The molecule has 22 heavy (non-hydrogen) atoms. The molecule has 2 heterocycles. The molecule has 0 saturated carbocycles. The Labute approximate surface area is 130 Å². The maximum atomic E-state index is 12.2.